The first kappa shape index (κ1) is 10.2. The maximum atomic E-state index is 4.25. The van der Waals surface area contributed by atoms with Crippen LogP contribution in [0.1, 0.15) is 11.9 Å². The van der Waals surface area contributed by atoms with Crippen molar-refractivity contribution < 1.29 is 0 Å². The van der Waals surface area contributed by atoms with E-state index in [1.165, 1.54) is 5.01 Å². The lowest BCUT2D eigenvalue weighted by molar-refractivity contribution is 0.298. The molecule has 1 heterocycles. The molecule has 0 aromatic carbocycles. The smallest absolute Gasteiger partial charge is 0.107 e. The molecule has 0 fully saturated rings. The Morgan fingerprint density at radius 3 is 3.00 bits per heavy atom. The van der Waals surface area contributed by atoms with Crippen LogP contribution in [0.2, 0.25) is 0 Å². The van der Waals surface area contributed by atoms with Gasteiger partial charge in [0.2, 0.25) is 0 Å². The fraction of sp³-hybridized carbons (Fsp3) is 0.625. The molecule has 0 aliphatic heterocycles. The van der Waals surface area contributed by atoms with Crippen molar-refractivity contribution in [3.05, 3.63) is 16.6 Å². The fourth-order valence-electron chi connectivity index (χ4n) is 0.991. The normalized spacial score (nSPS) is 10.9. The summed E-state index contributed by atoms with van der Waals surface area (Å²) in [6.07, 6.45) is 1.86. The van der Waals surface area contributed by atoms with Gasteiger partial charge in [0.1, 0.15) is 5.01 Å². The van der Waals surface area contributed by atoms with Crippen LogP contribution in [-0.2, 0) is 6.54 Å². The van der Waals surface area contributed by atoms with Crippen molar-refractivity contribution in [1.29, 1.82) is 0 Å². The molecule has 0 bridgehead atoms. The summed E-state index contributed by atoms with van der Waals surface area (Å²) < 4.78 is 0. The summed E-state index contributed by atoms with van der Waals surface area (Å²) in [4.78, 5) is 6.62. The molecule has 1 rings (SSSR count). The summed E-state index contributed by atoms with van der Waals surface area (Å²) >= 11 is 5.16. The van der Waals surface area contributed by atoms with E-state index in [4.69, 9.17) is 0 Å². The van der Waals surface area contributed by atoms with E-state index in [0.717, 1.165) is 25.0 Å². The zero-order valence-electron chi connectivity index (χ0n) is 7.16. The van der Waals surface area contributed by atoms with E-state index in [1.807, 2.05) is 11.6 Å². The first-order chi connectivity index (χ1) is 5.86. The van der Waals surface area contributed by atoms with Crippen molar-refractivity contribution in [2.24, 2.45) is 0 Å². The minimum absolute atomic E-state index is 0.986. The Morgan fingerprint density at radius 2 is 2.50 bits per heavy atom. The first-order valence-corrected chi connectivity index (χ1v) is 6.03. The summed E-state index contributed by atoms with van der Waals surface area (Å²) in [5, 5.41) is 4.27. The van der Waals surface area contributed by atoms with Crippen molar-refractivity contribution in [2.45, 2.75) is 13.5 Å². The van der Waals surface area contributed by atoms with Gasteiger partial charge in [-0.2, -0.15) is 0 Å². The van der Waals surface area contributed by atoms with Crippen molar-refractivity contribution in [3.63, 3.8) is 0 Å². The number of alkyl halides is 1. The molecule has 0 radical (unpaired) electrons. The zero-order valence-corrected chi connectivity index (χ0v) is 9.57. The van der Waals surface area contributed by atoms with E-state index in [9.17, 15) is 0 Å². The molecule has 0 saturated carbocycles. The lowest BCUT2D eigenvalue weighted by atomic mass is 10.5. The highest BCUT2D eigenvalue weighted by atomic mass is 79.9. The highest BCUT2D eigenvalue weighted by Crippen LogP contribution is 2.07. The van der Waals surface area contributed by atoms with Crippen LogP contribution in [0.15, 0.2) is 11.6 Å². The summed E-state index contributed by atoms with van der Waals surface area (Å²) in [5.74, 6) is 0. The lowest BCUT2D eigenvalue weighted by Gasteiger charge is -2.16. The Bertz CT molecular complexity index is 201. The van der Waals surface area contributed by atoms with Crippen molar-refractivity contribution in [3.8, 4) is 0 Å². The van der Waals surface area contributed by atoms with Gasteiger partial charge in [0.05, 0.1) is 6.54 Å². The highest BCUT2D eigenvalue weighted by molar-refractivity contribution is 9.09. The average molecular weight is 249 g/mol. The van der Waals surface area contributed by atoms with Crippen molar-refractivity contribution >= 4 is 27.3 Å². The van der Waals surface area contributed by atoms with E-state index in [1.54, 1.807) is 11.3 Å². The van der Waals surface area contributed by atoms with E-state index in [0.29, 0.717) is 0 Å². The third kappa shape index (κ3) is 3.21. The van der Waals surface area contributed by atoms with Gasteiger partial charge in [0.15, 0.2) is 0 Å². The number of rotatable bonds is 5. The Kier molecular flexibility index (Phi) is 4.80. The van der Waals surface area contributed by atoms with Gasteiger partial charge >= 0.3 is 0 Å². The molecule has 4 heteroatoms. The van der Waals surface area contributed by atoms with E-state index < -0.39 is 0 Å². The molecule has 0 saturated heterocycles. The molecular formula is C8H13BrN2S. The van der Waals surface area contributed by atoms with E-state index >= 15 is 0 Å². The molecule has 12 heavy (non-hydrogen) atoms. The maximum absolute atomic E-state index is 4.25. The van der Waals surface area contributed by atoms with Crippen LogP contribution in [-0.4, -0.2) is 28.3 Å². The Labute approximate surface area is 85.7 Å². The van der Waals surface area contributed by atoms with Crippen LogP contribution < -0.4 is 0 Å². The molecule has 0 spiro atoms. The Hall–Kier alpha value is 0.0700. The average Bonchev–Trinajstić information content (AvgIpc) is 2.56. The van der Waals surface area contributed by atoms with Gasteiger partial charge in [0.25, 0.3) is 0 Å². The third-order valence-electron chi connectivity index (χ3n) is 1.69. The number of thiazole rings is 1. The second kappa shape index (κ2) is 5.67. The first-order valence-electron chi connectivity index (χ1n) is 4.03. The second-order valence-corrected chi connectivity index (χ2v) is 4.26. The van der Waals surface area contributed by atoms with Crippen LogP contribution in [0.4, 0.5) is 0 Å². The summed E-state index contributed by atoms with van der Waals surface area (Å²) in [6, 6.07) is 0. The molecule has 2 nitrogen and oxygen atoms in total. The van der Waals surface area contributed by atoms with Gasteiger partial charge < -0.3 is 0 Å². The highest BCUT2D eigenvalue weighted by Gasteiger charge is 2.03. The number of halogens is 1. The minimum Gasteiger partial charge on any atom is -0.296 e. The van der Waals surface area contributed by atoms with E-state index in [-0.39, 0.29) is 0 Å². The quantitative estimate of drug-likeness (QED) is 0.745. The van der Waals surface area contributed by atoms with Gasteiger partial charge in [0, 0.05) is 23.5 Å². The molecule has 0 amide bonds. The van der Waals surface area contributed by atoms with Crippen LogP contribution in [0.25, 0.3) is 0 Å². The SMILES string of the molecule is CCN(CCBr)Cc1nccs1. The van der Waals surface area contributed by atoms with Gasteiger partial charge in [-0.25, -0.2) is 4.98 Å². The molecule has 1 aromatic rings. The summed E-state index contributed by atoms with van der Waals surface area (Å²) in [7, 11) is 0. The van der Waals surface area contributed by atoms with Gasteiger partial charge in [-0.15, -0.1) is 11.3 Å². The summed E-state index contributed by atoms with van der Waals surface area (Å²) in [6.45, 7) is 5.34. The number of nitrogens with zero attached hydrogens (tertiary/aromatic N) is 2. The topological polar surface area (TPSA) is 16.1 Å². The maximum Gasteiger partial charge on any atom is 0.107 e. The molecule has 0 N–H and O–H groups in total. The van der Waals surface area contributed by atoms with Crippen molar-refractivity contribution in [1.82, 2.24) is 9.88 Å². The molecule has 0 atom stereocenters. The zero-order chi connectivity index (χ0) is 8.81. The van der Waals surface area contributed by atoms with Crippen LogP contribution in [0.5, 0.6) is 0 Å². The van der Waals surface area contributed by atoms with Gasteiger partial charge in [-0.1, -0.05) is 22.9 Å². The van der Waals surface area contributed by atoms with Crippen LogP contribution in [0.3, 0.4) is 0 Å². The standard InChI is InChI=1S/C8H13BrN2S/c1-2-11(5-3-9)7-8-10-4-6-12-8/h4,6H,2-3,5,7H2,1H3. The molecular weight excluding hydrogens is 236 g/mol. The second-order valence-electron chi connectivity index (χ2n) is 2.48. The molecule has 0 aliphatic rings. The minimum atomic E-state index is 0.986. The Morgan fingerprint density at radius 1 is 1.67 bits per heavy atom. The molecule has 0 aliphatic carbocycles. The molecule has 68 valence electrons. The number of hydrogen-bond donors (Lipinski definition) is 0. The fourth-order valence-corrected chi connectivity index (χ4v) is 2.15. The predicted octanol–water partition coefficient (Wildman–Crippen LogP) is 2.36. The van der Waals surface area contributed by atoms with E-state index in [2.05, 4.69) is 32.7 Å². The third-order valence-corrected chi connectivity index (χ3v) is 2.81. The number of aromatic nitrogens is 1. The molecule has 0 unspecified atom stereocenters. The largest absolute Gasteiger partial charge is 0.296 e. The Balaban J connectivity index is 2.37. The monoisotopic (exact) mass is 248 g/mol. The van der Waals surface area contributed by atoms with Crippen molar-refractivity contribution in [2.75, 3.05) is 18.4 Å². The summed E-state index contributed by atoms with van der Waals surface area (Å²) in [5.41, 5.74) is 0. The predicted molar refractivity (Wildman–Crippen MR) is 56.9 cm³/mol. The van der Waals surface area contributed by atoms with Gasteiger partial charge in [-0.3, -0.25) is 4.90 Å². The van der Waals surface area contributed by atoms with Crippen LogP contribution in [0, 0.1) is 0 Å². The lowest BCUT2D eigenvalue weighted by Crippen LogP contribution is -2.24. The van der Waals surface area contributed by atoms with Gasteiger partial charge in [-0.05, 0) is 6.54 Å². The van der Waals surface area contributed by atoms with Crippen LogP contribution >= 0.6 is 27.3 Å². The number of hydrogen-bond acceptors (Lipinski definition) is 3. The molecule has 1 aromatic heterocycles.